The highest BCUT2D eigenvalue weighted by Gasteiger charge is 2.10. The van der Waals surface area contributed by atoms with Crippen molar-refractivity contribution in [1.29, 1.82) is 0 Å². The first-order chi connectivity index (χ1) is 6.74. The van der Waals surface area contributed by atoms with Gasteiger partial charge in [0.25, 0.3) is 0 Å². The van der Waals surface area contributed by atoms with Gasteiger partial charge in [-0.2, -0.15) is 0 Å². The molecular formula is C14H18. The second kappa shape index (κ2) is 4.00. The Balaban J connectivity index is 2.08. The largest absolute Gasteiger partial charge is 0.0882 e. The van der Waals surface area contributed by atoms with Gasteiger partial charge < -0.3 is 0 Å². The summed E-state index contributed by atoms with van der Waals surface area (Å²) in [5.74, 6) is 0.858. The molecule has 0 N–H and O–H groups in total. The van der Waals surface area contributed by atoms with Crippen molar-refractivity contribution in [3.8, 4) is 0 Å². The van der Waals surface area contributed by atoms with Gasteiger partial charge in [-0.25, -0.2) is 0 Å². The zero-order valence-electron chi connectivity index (χ0n) is 9.09. The highest BCUT2D eigenvalue weighted by Crippen LogP contribution is 2.23. The summed E-state index contributed by atoms with van der Waals surface area (Å²) in [5.41, 5.74) is 4.30. The molecule has 0 amide bonds. The highest BCUT2D eigenvalue weighted by molar-refractivity contribution is 5.29. The van der Waals surface area contributed by atoms with Crippen molar-refractivity contribution in [2.45, 2.75) is 33.1 Å². The Labute approximate surface area is 86.7 Å². The van der Waals surface area contributed by atoms with E-state index in [4.69, 9.17) is 0 Å². The number of benzene rings is 1. The van der Waals surface area contributed by atoms with Crippen LogP contribution in [0.15, 0.2) is 30.4 Å². The van der Waals surface area contributed by atoms with Crippen LogP contribution < -0.4 is 0 Å². The molecule has 0 atom stereocenters. The van der Waals surface area contributed by atoms with E-state index in [-0.39, 0.29) is 0 Å². The monoisotopic (exact) mass is 186 g/mol. The van der Waals surface area contributed by atoms with Crippen LogP contribution >= 0.6 is 0 Å². The van der Waals surface area contributed by atoms with E-state index < -0.39 is 0 Å². The fourth-order valence-electron chi connectivity index (χ4n) is 2.36. The van der Waals surface area contributed by atoms with Crippen LogP contribution in [0.25, 0.3) is 0 Å². The van der Waals surface area contributed by atoms with Crippen molar-refractivity contribution in [1.82, 2.24) is 0 Å². The van der Waals surface area contributed by atoms with E-state index >= 15 is 0 Å². The second-order valence-corrected chi connectivity index (χ2v) is 4.51. The molecule has 0 heteroatoms. The van der Waals surface area contributed by atoms with Crippen LogP contribution in [-0.2, 0) is 6.42 Å². The van der Waals surface area contributed by atoms with E-state index in [1.54, 1.807) is 0 Å². The van der Waals surface area contributed by atoms with Gasteiger partial charge in [0.2, 0.25) is 0 Å². The Morgan fingerprint density at radius 1 is 1.00 bits per heavy atom. The zero-order valence-corrected chi connectivity index (χ0v) is 9.09. The average Bonchev–Trinajstić information content (AvgIpc) is 2.54. The third kappa shape index (κ3) is 2.25. The number of allylic oxidation sites excluding steroid dienone is 2. The number of hydrogen-bond donors (Lipinski definition) is 0. The quantitative estimate of drug-likeness (QED) is 0.616. The van der Waals surface area contributed by atoms with Crippen molar-refractivity contribution in [3.05, 3.63) is 47.0 Å². The van der Waals surface area contributed by atoms with Crippen molar-refractivity contribution in [3.63, 3.8) is 0 Å². The molecule has 1 aliphatic carbocycles. The minimum absolute atomic E-state index is 0.858. The topological polar surface area (TPSA) is 0 Å². The molecule has 74 valence electrons. The number of aryl methyl sites for hydroxylation is 2. The van der Waals surface area contributed by atoms with Gasteiger partial charge in [-0.3, -0.25) is 0 Å². The van der Waals surface area contributed by atoms with E-state index in [0.717, 1.165) is 5.92 Å². The molecule has 0 saturated carbocycles. The van der Waals surface area contributed by atoms with Crippen LogP contribution in [0.2, 0.25) is 0 Å². The third-order valence-electron chi connectivity index (χ3n) is 2.91. The van der Waals surface area contributed by atoms with Crippen molar-refractivity contribution in [2.75, 3.05) is 0 Å². The Hall–Kier alpha value is -1.04. The summed E-state index contributed by atoms with van der Waals surface area (Å²) in [5, 5.41) is 0. The average molecular weight is 186 g/mol. The Morgan fingerprint density at radius 2 is 1.57 bits per heavy atom. The van der Waals surface area contributed by atoms with E-state index in [9.17, 15) is 0 Å². The Bertz CT molecular complexity index is 319. The maximum Gasteiger partial charge on any atom is -0.0244 e. The lowest BCUT2D eigenvalue weighted by Crippen LogP contribution is -1.99. The standard InChI is InChI=1S/C14H18/c1-11-7-12(2)9-14(8-11)10-13-5-3-4-6-13/h3-4,7-9,13H,5-6,10H2,1-2H3. The maximum absolute atomic E-state index is 2.32. The summed E-state index contributed by atoms with van der Waals surface area (Å²) in [6.45, 7) is 4.37. The third-order valence-corrected chi connectivity index (χ3v) is 2.91. The van der Waals surface area contributed by atoms with Crippen LogP contribution in [0.3, 0.4) is 0 Å². The van der Waals surface area contributed by atoms with Gasteiger partial charge >= 0.3 is 0 Å². The molecule has 1 aromatic rings. The maximum atomic E-state index is 2.32. The molecule has 0 aromatic heterocycles. The van der Waals surface area contributed by atoms with Gasteiger partial charge in [0.05, 0.1) is 0 Å². The summed E-state index contributed by atoms with van der Waals surface area (Å²) in [4.78, 5) is 0. The zero-order chi connectivity index (χ0) is 9.97. The molecule has 1 aromatic carbocycles. The van der Waals surface area contributed by atoms with Gasteiger partial charge in [0, 0.05) is 0 Å². The van der Waals surface area contributed by atoms with Crippen LogP contribution in [0.5, 0.6) is 0 Å². The normalized spacial score (nSPS) is 16.4. The summed E-state index contributed by atoms with van der Waals surface area (Å²) >= 11 is 0. The van der Waals surface area contributed by atoms with Gasteiger partial charge in [-0.05, 0) is 44.6 Å². The number of rotatable bonds is 2. The smallest absolute Gasteiger partial charge is 0.0244 e. The van der Waals surface area contributed by atoms with Crippen LogP contribution in [0, 0.1) is 19.8 Å². The van der Waals surface area contributed by atoms with Gasteiger partial charge in [-0.1, -0.05) is 41.5 Å². The Kier molecular flexibility index (Phi) is 2.72. The minimum Gasteiger partial charge on any atom is -0.0882 e. The molecule has 0 spiro atoms. The first kappa shape index (κ1) is 9.51. The fraction of sp³-hybridized carbons (Fsp3) is 0.429. The molecule has 0 saturated heterocycles. The fourth-order valence-corrected chi connectivity index (χ4v) is 2.36. The van der Waals surface area contributed by atoms with E-state index in [0.29, 0.717) is 0 Å². The van der Waals surface area contributed by atoms with Crippen molar-refractivity contribution < 1.29 is 0 Å². The summed E-state index contributed by atoms with van der Waals surface area (Å²) in [6.07, 6.45) is 8.41. The minimum atomic E-state index is 0.858. The molecule has 0 aliphatic heterocycles. The predicted molar refractivity (Wildman–Crippen MR) is 61.5 cm³/mol. The predicted octanol–water partition coefficient (Wildman–Crippen LogP) is 3.81. The first-order valence-electron chi connectivity index (χ1n) is 5.46. The first-order valence-corrected chi connectivity index (χ1v) is 5.46. The SMILES string of the molecule is Cc1cc(C)cc(CC2CC=CC2)c1. The molecule has 0 fully saturated rings. The molecule has 1 aliphatic rings. The molecule has 0 unspecified atom stereocenters. The van der Waals surface area contributed by atoms with E-state index in [1.165, 1.54) is 36.0 Å². The van der Waals surface area contributed by atoms with Crippen LogP contribution in [0.4, 0.5) is 0 Å². The summed E-state index contributed by atoms with van der Waals surface area (Å²) < 4.78 is 0. The lowest BCUT2D eigenvalue weighted by atomic mass is 9.95. The molecule has 0 heterocycles. The lowest BCUT2D eigenvalue weighted by molar-refractivity contribution is 0.567. The molecular weight excluding hydrogens is 168 g/mol. The van der Waals surface area contributed by atoms with Crippen LogP contribution in [-0.4, -0.2) is 0 Å². The van der Waals surface area contributed by atoms with Gasteiger partial charge in [-0.15, -0.1) is 0 Å². The van der Waals surface area contributed by atoms with E-state index in [2.05, 4.69) is 44.2 Å². The summed E-state index contributed by atoms with van der Waals surface area (Å²) in [6, 6.07) is 6.90. The molecule has 0 radical (unpaired) electrons. The number of hydrogen-bond acceptors (Lipinski definition) is 0. The molecule has 0 bridgehead atoms. The Morgan fingerprint density at radius 3 is 2.14 bits per heavy atom. The van der Waals surface area contributed by atoms with E-state index in [1.807, 2.05) is 0 Å². The van der Waals surface area contributed by atoms with Gasteiger partial charge in [0.1, 0.15) is 0 Å². The van der Waals surface area contributed by atoms with Crippen molar-refractivity contribution >= 4 is 0 Å². The lowest BCUT2D eigenvalue weighted by Gasteiger charge is -2.10. The van der Waals surface area contributed by atoms with Crippen molar-refractivity contribution in [2.24, 2.45) is 5.92 Å². The summed E-state index contributed by atoms with van der Waals surface area (Å²) in [7, 11) is 0. The molecule has 2 rings (SSSR count). The highest BCUT2D eigenvalue weighted by atomic mass is 14.2. The second-order valence-electron chi connectivity index (χ2n) is 4.51. The van der Waals surface area contributed by atoms with Gasteiger partial charge in [0.15, 0.2) is 0 Å². The molecule has 0 nitrogen and oxygen atoms in total. The van der Waals surface area contributed by atoms with Crippen LogP contribution in [0.1, 0.15) is 29.5 Å². The molecule has 14 heavy (non-hydrogen) atoms.